The van der Waals surface area contributed by atoms with Crippen molar-refractivity contribution in [1.82, 2.24) is 9.55 Å². The minimum Gasteiger partial charge on any atom is -0.477 e. The average Bonchev–Trinajstić information content (AvgIpc) is 2.64. The Morgan fingerprint density at radius 3 is 2.68 bits per heavy atom. The van der Waals surface area contributed by atoms with Gasteiger partial charge in [0.1, 0.15) is 11.5 Å². The summed E-state index contributed by atoms with van der Waals surface area (Å²) in [7, 11) is 1.73. The smallest absolute Gasteiger partial charge is 0.354 e. The number of imidazole rings is 1. The van der Waals surface area contributed by atoms with Crippen molar-refractivity contribution < 1.29 is 9.90 Å². The lowest BCUT2D eigenvalue weighted by atomic mass is 10.1. The van der Waals surface area contributed by atoms with Crippen LogP contribution in [0.2, 0.25) is 0 Å². The van der Waals surface area contributed by atoms with E-state index in [1.54, 1.807) is 11.6 Å². The third-order valence-electron chi connectivity index (χ3n) is 3.18. The molecule has 1 N–H and O–H groups in total. The fraction of sp³-hybridized carbons (Fsp3) is 0.286. The van der Waals surface area contributed by atoms with E-state index in [0.29, 0.717) is 12.1 Å². The van der Waals surface area contributed by atoms with Crippen LogP contribution in [-0.2, 0) is 19.9 Å². The Labute approximate surface area is 120 Å². The number of carboxylic acids is 1. The number of aryl methyl sites for hydroxylation is 3. The molecule has 1 aromatic heterocycles. The predicted molar refractivity (Wildman–Crippen MR) is 76.5 cm³/mol. The van der Waals surface area contributed by atoms with E-state index in [1.165, 1.54) is 0 Å². The highest BCUT2D eigenvalue weighted by Crippen LogP contribution is 2.19. The van der Waals surface area contributed by atoms with Gasteiger partial charge in [-0.25, -0.2) is 9.78 Å². The van der Waals surface area contributed by atoms with Gasteiger partial charge in [-0.3, -0.25) is 0 Å². The molecule has 0 unspecified atom stereocenters. The minimum absolute atomic E-state index is 0.282. The first-order chi connectivity index (χ1) is 9.00. The topological polar surface area (TPSA) is 55.1 Å². The molecule has 2 rings (SSSR count). The number of benzene rings is 1. The fourth-order valence-corrected chi connectivity index (χ4v) is 2.56. The van der Waals surface area contributed by atoms with E-state index in [4.69, 9.17) is 0 Å². The second kappa shape index (κ2) is 5.57. The molecule has 0 aliphatic heterocycles. The third-order valence-corrected chi connectivity index (χ3v) is 3.96. The van der Waals surface area contributed by atoms with Crippen molar-refractivity contribution in [2.45, 2.75) is 19.8 Å². The van der Waals surface area contributed by atoms with Crippen LogP contribution in [0.25, 0.3) is 0 Å². The number of aromatic carboxylic acids is 1. The standard InChI is InChI=1S/C14H15BrN2O2/c1-9-16-12(13(14(18)19)17(9)2)8-7-10-5-3-4-6-11(10)15/h3-6H,7-8H2,1-2H3,(H,18,19). The van der Waals surface area contributed by atoms with Gasteiger partial charge in [0.25, 0.3) is 0 Å². The first kappa shape index (κ1) is 13.8. The molecule has 0 bridgehead atoms. The summed E-state index contributed by atoms with van der Waals surface area (Å²) >= 11 is 3.50. The van der Waals surface area contributed by atoms with Crippen LogP contribution in [0.4, 0.5) is 0 Å². The Kier molecular flexibility index (Phi) is 4.04. The van der Waals surface area contributed by atoms with Crippen LogP contribution in [0.15, 0.2) is 28.7 Å². The van der Waals surface area contributed by atoms with Crippen LogP contribution in [0.3, 0.4) is 0 Å². The molecular formula is C14H15BrN2O2. The molecule has 1 aromatic carbocycles. The zero-order valence-electron chi connectivity index (χ0n) is 10.9. The first-order valence-electron chi connectivity index (χ1n) is 5.99. The average molecular weight is 323 g/mol. The Bertz CT molecular complexity index is 620. The number of nitrogens with zero attached hydrogens (tertiary/aromatic N) is 2. The molecule has 19 heavy (non-hydrogen) atoms. The minimum atomic E-state index is -0.926. The summed E-state index contributed by atoms with van der Waals surface area (Å²) in [6, 6.07) is 7.94. The van der Waals surface area contributed by atoms with E-state index < -0.39 is 5.97 Å². The van der Waals surface area contributed by atoms with Gasteiger partial charge in [0.05, 0.1) is 5.69 Å². The summed E-state index contributed by atoms with van der Waals surface area (Å²) < 4.78 is 2.66. The van der Waals surface area contributed by atoms with Gasteiger partial charge in [0.2, 0.25) is 0 Å². The molecule has 100 valence electrons. The van der Waals surface area contributed by atoms with Gasteiger partial charge in [0.15, 0.2) is 0 Å². The second-order valence-electron chi connectivity index (χ2n) is 4.41. The molecule has 0 aliphatic rings. The summed E-state index contributed by atoms with van der Waals surface area (Å²) in [5, 5.41) is 9.24. The Morgan fingerprint density at radius 2 is 2.05 bits per heavy atom. The summed E-state index contributed by atoms with van der Waals surface area (Å²) in [4.78, 5) is 15.6. The maximum absolute atomic E-state index is 11.3. The lowest BCUT2D eigenvalue weighted by Gasteiger charge is -2.04. The van der Waals surface area contributed by atoms with E-state index in [1.807, 2.05) is 31.2 Å². The fourth-order valence-electron chi connectivity index (χ4n) is 2.07. The Hall–Kier alpha value is -1.62. The molecule has 1 heterocycles. The van der Waals surface area contributed by atoms with E-state index in [9.17, 15) is 9.90 Å². The highest BCUT2D eigenvalue weighted by molar-refractivity contribution is 9.10. The van der Waals surface area contributed by atoms with Crippen molar-refractivity contribution in [2.75, 3.05) is 0 Å². The van der Waals surface area contributed by atoms with Gasteiger partial charge in [0, 0.05) is 11.5 Å². The normalized spacial score (nSPS) is 10.7. The number of carboxylic acid groups (broad SMARTS) is 1. The quantitative estimate of drug-likeness (QED) is 0.941. The highest BCUT2D eigenvalue weighted by Gasteiger charge is 2.18. The van der Waals surface area contributed by atoms with Crippen molar-refractivity contribution in [3.05, 3.63) is 51.5 Å². The Morgan fingerprint density at radius 1 is 1.37 bits per heavy atom. The third kappa shape index (κ3) is 2.87. The lowest BCUT2D eigenvalue weighted by Crippen LogP contribution is -2.08. The van der Waals surface area contributed by atoms with Crippen molar-refractivity contribution in [3.63, 3.8) is 0 Å². The van der Waals surface area contributed by atoms with E-state index >= 15 is 0 Å². The molecule has 0 atom stereocenters. The van der Waals surface area contributed by atoms with E-state index in [-0.39, 0.29) is 5.69 Å². The molecule has 0 spiro atoms. The SMILES string of the molecule is Cc1nc(CCc2ccccc2Br)c(C(=O)O)n1C. The van der Waals surface area contributed by atoms with Gasteiger partial charge in [-0.15, -0.1) is 0 Å². The Balaban J connectivity index is 2.23. The van der Waals surface area contributed by atoms with Gasteiger partial charge < -0.3 is 9.67 Å². The molecule has 2 aromatic rings. The van der Waals surface area contributed by atoms with Crippen LogP contribution in [-0.4, -0.2) is 20.6 Å². The van der Waals surface area contributed by atoms with E-state index in [2.05, 4.69) is 20.9 Å². The number of aromatic nitrogens is 2. The van der Waals surface area contributed by atoms with Crippen LogP contribution in [0.1, 0.15) is 27.6 Å². The van der Waals surface area contributed by atoms with Gasteiger partial charge >= 0.3 is 5.97 Å². The number of halogens is 1. The first-order valence-corrected chi connectivity index (χ1v) is 6.79. The van der Waals surface area contributed by atoms with E-state index in [0.717, 1.165) is 22.3 Å². The van der Waals surface area contributed by atoms with Crippen molar-refractivity contribution >= 4 is 21.9 Å². The molecule has 0 saturated carbocycles. The van der Waals surface area contributed by atoms with Crippen LogP contribution in [0, 0.1) is 6.92 Å². The zero-order chi connectivity index (χ0) is 14.0. The lowest BCUT2D eigenvalue weighted by molar-refractivity contribution is 0.0685. The predicted octanol–water partition coefficient (Wildman–Crippen LogP) is 2.97. The maximum atomic E-state index is 11.3. The second-order valence-corrected chi connectivity index (χ2v) is 5.26. The van der Waals surface area contributed by atoms with Gasteiger partial charge in [-0.2, -0.15) is 0 Å². The molecule has 5 heteroatoms. The summed E-state index contributed by atoms with van der Waals surface area (Å²) in [5.41, 5.74) is 2.08. The molecular weight excluding hydrogens is 308 g/mol. The summed E-state index contributed by atoms with van der Waals surface area (Å²) in [6.07, 6.45) is 1.38. The molecule has 4 nitrogen and oxygen atoms in total. The van der Waals surface area contributed by atoms with Crippen LogP contribution < -0.4 is 0 Å². The highest BCUT2D eigenvalue weighted by atomic mass is 79.9. The molecule has 0 aliphatic carbocycles. The van der Waals surface area contributed by atoms with Crippen molar-refractivity contribution in [1.29, 1.82) is 0 Å². The van der Waals surface area contributed by atoms with Gasteiger partial charge in [-0.05, 0) is 31.4 Å². The summed E-state index contributed by atoms with van der Waals surface area (Å²) in [5.74, 6) is -0.204. The number of carbonyl (C=O) groups is 1. The monoisotopic (exact) mass is 322 g/mol. The van der Waals surface area contributed by atoms with Crippen LogP contribution >= 0.6 is 15.9 Å². The van der Waals surface area contributed by atoms with Gasteiger partial charge in [-0.1, -0.05) is 34.1 Å². The van der Waals surface area contributed by atoms with Crippen molar-refractivity contribution in [2.24, 2.45) is 7.05 Å². The maximum Gasteiger partial charge on any atom is 0.354 e. The number of hydrogen-bond acceptors (Lipinski definition) is 2. The molecule has 0 amide bonds. The summed E-state index contributed by atoms with van der Waals surface area (Å²) in [6.45, 7) is 1.81. The zero-order valence-corrected chi connectivity index (χ0v) is 12.4. The largest absolute Gasteiger partial charge is 0.477 e. The molecule has 0 saturated heterocycles. The number of rotatable bonds is 4. The van der Waals surface area contributed by atoms with Crippen LogP contribution in [0.5, 0.6) is 0 Å². The molecule has 0 radical (unpaired) electrons. The van der Waals surface area contributed by atoms with Crippen molar-refractivity contribution in [3.8, 4) is 0 Å². The number of hydrogen-bond donors (Lipinski definition) is 1. The molecule has 0 fully saturated rings.